The van der Waals surface area contributed by atoms with Crippen LogP contribution in [0.15, 0.2) is 18.2 Å². The molecule has 0 bridgehead atoms. The van der Waals surface area contributed by atoms with E-state index in [1.54, 1.807) is 25.3 Å². The van der Waals surface area contributed by atoms with Gasteiger partial charge in [-0.1, -0.05) is 6.92 Å². The number of methoxy groups -OCH3 is 1. The van der Waals surface area contributed by atoms with Crippen LogP contribution in [0.5, 0.6) is 5.75 Å². The van der Waals surface area contributed by atoms with Crippen molar-refractivity contribution in [1.29, 1.82) is 0 Å². The summed E-state index contributed by atoms with van der Waals surface area (Å²) in [6.45, 7) is 8.08. The molecule has 1 heterocycles. The molecule has 1 aromatic rings. The highest BCUT2D eigenvalue weighted by molar-refractivity contribution is 5.95. The Morgan fingerprint density at radius 3 is 2.60 bits per heavy atom. The Kier molecular flexibility index (Phi) is 11.8. The van der Waals surface area contributed by atoms with Gasteiger partial charge in [0.2, 0.25) is 0 Å². The molecule has 1 amide bonds. The standard InChI is InChI=1S/C21H35N3O3.CH2O2/c1-5-17-8-9-18(14-23-17)24(15(2)3)21(25)16-7-10-19(22)20(13-16)27-12-6-11-26-4;2-1-3/h7,10,13,15,17-18,23H,5-6,8-9,11-12,14,22H2,1-4H3;1H,(H,2,3)/t17-,18+;/m0./s1. The molecule has 1 fully saturated rings. The Morgan fingerprint density at radius 2 is 2.07 bits per heavy atom. The predicted molar refractivity (Wildman–Crippen MR) is 118 cm³/mol. The van der Waals surface area contributed by atoms with E-state index in [0.717, 1.165) is 32.2 Å². The van der Waals surface area contributed by atoms with Crippen molar-refractivity contribution < 1.29 is 24.2 Å². The van der Waals surface area contributed by atoms with Gasteiger partial charge in [0, 0.05) is 50.4 Å². The summed E-state index contributed by atoms with van der Waals surface area (Å²) in [5, 5.41) is 10.5. The summed E-state index contributed by atoms with van der Waals surface area (Å²) in [5.41, 5.74) is 7.19. The molecule has 1 saturated heterocycles. The summed E-state index contributed by atoms with van der Waals surface area (Å²) in [6, 6.07) is 6.22. The predicted octanol–water partition coefficient (Wildman–Crippen LogP) is 2.77. The summed E-state index contributed by atoms with van der Waals surface area (Å²) < 4.78 is 10.8. The van der Waals surface area contributed by atoms with Crippen molar-refractivity contribution in [1.82, 2.24) is 10.2 Å². The molecule has 8 heteroatoms. The maximum Gasteiger partial charge on any atom is 0.290 e. The number of rotatable bonds is 9. The van der Waals surface area contributed by atoms with Gasteiger partial charge in [0.05, 0.1) is 12.3 Å². The molecule has 8 nitrogen and oxygen atoms in total. The Labute approximate surface area is 179 Å². The monoisotopic (exact) mass is 423 g/mol. The second-order valence-electron chi connectivity index (χ2n) is 7.60. The smallest absolute Gasteiger partial charge is 0.290 e. The minimum absolute atomic E-state index is 0.0356. The molecule has 2 atom stereocenters. The van der Waals surface area contributed by atoms with Crippen LogP contribution in [0.25, 0.3) is 0 Å². The number of nitrogens with one attached hydrogen (secondary N) is 1. The molecular formula is C22H37N3O5. The first-order valence-corrected chi connectivity index (χ1v) is 10.5. The average Bonchev–Trinajstić information content (AvgIpc) is 2.73. The molecule has 4 N–H and O–H groups in total. The number of benzene rings is 1. The summed E-state index contributed by atoms with van der Waals surface area (Å²) in [7, 11) is 1.66. The molecule has 0 radical (unpaired) electrons. The number of anilines is 1. The lowest BCUT2D eigenvalue weighted by Crippen LogP contribution is -2.53. The zero-order valence-electron chi connectivity index (χ0n) is 18.6. The molecule has 170 valence electrons. The first-order valence-electron chi connectivity index (χ1n) is 10.5. The van der Waals surface area contributed by atoms with Crippen molar-refractivity contribution in [2.24, 2.45) is 0 Å². The Morgan fingerprint density at radius 1 is 1.37 bits per heavy atom. The van der Waals surface area contributed by atoms with Crippen molar-refractivity contribution in [2.75, 3.05) is 32.6 Å². The van der Waals surface area contributed by atoms with Crippen LogP contribution in [-0.2, 0) is 9.53 Å². The van der Waals surface area contributed by atoms with E-state index in [4.69, 9.17) is 25.1 Å². The highest BCUT2D eigenvalue weighted by atomic mass is 16.5. The Bertz CT molecular complexity index is 646. The van der Waals surface area contributed by atoms with Gasteiger partial charge in [-0.2, -0.15) is 0 Å². The number of nitrogen functional groups attached to an aromatic ring is 1. The van der Waals surface area contributed by atoms with Crippen molar-refractivity contribution in [3.63, 3.8) is 0 Å². The topological polar surface area (TPSA) is 114 Å². The fourth-order valence-electron chi connectivity index (χ4n) is 3.64. The number of ether oxygens (including phenoxy) is 2. The van der Waals surface area contributed by atoms with Crippen LogP contribution in [-0.4, -0.2) is 67.4 Å². The molecule has 1 aliphatic rings. The maximum atomic E-state index is 13.3. The largest absolute Gasteiger partial charge is 0.491 e. The number of carboxylic acid groups (broad SMARTS) is 1. The molecule has 2 rings (SSSR count). The second kappa shape index (κ2) is 13.8. The Hall–Kier alpha value is -2.32. The van der Waals surface area contributed by atoms with Gasteiger partial charge >= 0.3 is 0 Å². The SMILES string of the molecule is CC[C@H]1CC[C@@H](N(C(=O)c2ccc(N)c(OCCCOC)c2)C(C)C)CN1.O=CO. The first kappa shape index (κ1) is 25.7. The van der Waals surface area contributed by atoms with Gasteiger partial charge in [-0.15, -0.1) is 0 Å². The summed E-state index contributed by atoms with van der Waals surface area (Å²) >= 11 is 0. The van der Waals surface area contributed by atoms with E-state index in [1.807, 2.05) is 4.90 Å². The van der Waals surface area contributed by atoms with E-state index in [-0.39, 0.29) is 24.5 Å². The van der Waals surface area contributed by atoms with Gasteiger partial charge in [-0.05, 0) is 51.3 Å². The highest BCUT2D eigenvalue weighted by Gasteiger charge is 2.30. The number of nitrogens with zero attached hydrogens (tertiary/aromatic N) is 1. The molecule has 1 aromatic carbocycles. The minimum atomic E-state index is -0.250. The molecule has 0 spiro atoms. The second-order valence-corrected chi connectivity index (χ2v) is 7.60. The lowest BCUT2D eigenvalue weighted by Gasteiger charge is -2.40. The van der Waals surface area contributed by atoms with E-state index < -0.39 is 0 Å². The van der Waals surface area contributed by atoms with Crippen LogP contribution in [0.3, 0.4) is 0 Å². The van der Waals surface area contributed by atoms with Crippen LogP contribution < -0.4 is 15.8 Å². The number of nitrogens with two attached hydrogens (primary N) is 1. The van der Waals surface area contributed by atoms with E-state index in [9.17, 15) is 4.79 Å². The molecule has 1 aliphatic heterocycles. The third-order valence-electron chi connectivity index (χ3n) is 5.18. The number of carbonyl (C=O) groups is 2. The van der Waals surface area contributed by atoms with Crippen LogP contribution in [0.1, 0.15) is 56.8 Å². The molecule has 0 saturated carbocycles. The number of amides is 1. The maximum absolute atomic E-state index is 13.3. The van der Waals surface area contributed by atoms with E-state index in [2.05, 4.69) is 26.1 Å². The molecule has 0 aromatic heterocycles. The number of hydrogen-bond donors (Lipinski definition) is 3. The molecule has 0 aliphatic carbocycles. The number of carbonyl (C=O) groups excluding carboxylic acids is 1. The van der Waals surface area contributed by atoms with Crippen LogP contribution in [0.2, 0.25) is 0 Å². The summed E-state index contributed by atoms with van der Waals surface area (Å²) in [5.74, 6) is 0.599. The summed E-state index contributed by atoms with van der Waals surface area (Å²) in [6.07, 6.45) is 4.04. The lowest BCUT2D eigenvalue weighted by molar-refractivity contribution is -0.122. The highest BCUT2D eigenvalue weighted by Crippen LogP contribution is 2.26. The lowest BCUT2D eigenvalue weighted by atomic mass is 9.96. The van der Waals surface area contributed by atoms with E-state index in [0.29, 0.717) is 36.3 Å². The molecule has 0 unspecified atom stereocenters. The number of hydrogen-bond acceptors (Lipinski definition) is 6. The summed E-state index contributed by atoms with van der Waals surface area (Å²) in [4.78, 5) is 23.6. The fourth-order valence-corrected chi connectivity index (χ4v) is 3.64. The van der Waals surface area contributed by atoms with Gasteiger partial charge in [0.15, 0.2) is 0 Å². The zero-order chi connectivity index (χ0) is 22.5. The normalized spacial score (nSPS) is 18.3. The molecular weight excluding hydrogens is 386 g/mol. The average molecular weight is 424 g/mol. The van der Waals surface area contributed by atoms with Gasteiger partial charge in [0.25, 0.3) is 12.4 Å². The fraction of sp³-hybridized carbons (Fsp3) is 0.636. The minimum Gasteiger partial charge on any atom is -0.491 e. The van der Waals surface area contributed by atoms with Gasteiger partial charge in [0.1, 0.15) is 5.75 Å². The van der Waals surface area contributed by atoms with Crippen molar-refractivity contribution in [3.05, 3.63) is 23.8 Å². The van der Waals surface area contributed by atoms with Crippen LogP contribution >= 0.6 is 0 Å². The van der Waals surface area contributed by atoms with Crippen molar-refractivity contribution in [3.8, 4) is 5.75 Å². The first-order chi connectivity index (χ1) is 14.4. The van der Waals surface area contributed by atoms with E-state index >= 15 is 0 Å². The van der Waals surface area contributed by atoms with Gasteiger partial charge in [-0.3, -0.25) is 9.59 Å². The molecule has 30 heavy (non-hydrogen) atoms. The van der Waals surface area contributed by atoms with Crippen LogP contribution in [0.4, 0.5) is 5.69 Å². The van der Waals surface area contributed by atoms with Gasteiger partial charge in [-0.25, -0.2) is 0 Å². The van der Waals surface area contributed by atoms with Crippen molar-refractivity contribution in [2.45, 2.75) is 64.6 Å². The van der Waals surface area contributed by atoms with Gasteiger partial charge < -0.3 is 30.5 Å². The quantitative estimate of drug-likeness (QED) is 0.318. The zero-order valence-corrected chi connectivity index (χ0v) is 18.6. The third kappa shape index (κ3) is 7.84. The van der Waals surface area contributed by atoms with Crippen LogP contribution in [0, 0.1) is 0 Å². The van der Waals surface area contributed by atoms with E-state index in [1.165, 1.54) is 0 Å². The third-order valence-corrected chi connectivity index (χ3v) is 5.18. The Balaban J connectivity index is 0.00000141. The number of piperidine rings is 1. The van der Waals surface area contributed by atoms with Crippen molar-refractivity contribution >= 4 is 18.1 Å².